The Morgan fingerprint density at radius 2 is 2.00 bits per heavy atom. The topological polar surface area (TPSA) is 50.4 Å². The monoisotopic (exact) mass is 199 g/mol. The Balaban J connectivity index is 3.71. The van der Waals surface area contributed by atoms with E-state index in [0.717, 1.165) is 6.54 Å². The van der Waals surface area contributed by atoms with Gasteiger partial charge in [-0.2, -0.15) is 0 Å². The average molecular weight is 199 g/mol. The van der Waals surface area contributed by atoms with Crippen molar-refractivity contribution in [3.8, 4) is 0 Å². The van der Waals surface area contributed by atoms with Crippen molar-refractivity contribution in [1.82, 2.24) is 5.32 Å². The van der Waals surface area contributed by atoms with E-state index in [1.807, 2.05) is 0 Å². The summed E-state index contributed by atoms with van der Waals surface area (Å²) < 4.78 is 0. The summed E-state index contributed by atoms with van der Waals surface area (Å²) in [5.41, 5.74) is 5.88. The maximum absolute atomic E-state index is 5.57. The summed E-state index contributed by atoms with van der Waals surface area (Å²) in [6.45, 7) is 7.66. The van der Waals surface area contributed by atoms with Gasteiger partial charge in [0.2, 0.25) is 0 Å². The van der Waals surface area contributed by atoms with Crippen LogP contribution in [0.15, 0.2) is 4.99 Å². The molecule has 3 N–H and O–H groups in total. The smallest absolute Gasteiger partial charge is 0.188 e. The normalized spacial score (nSPS) is 13.0. The van der Waals surface area contributed by atoms with Crippen LogP contribution in [0, 0.1) is 5.41 Å². The molecule has 0 fully saturated rings. The molecule has 0 heterocycles. The zero-order chi connectivity index (χ0) is 11.0. The van der Waals surface area contributed by atoms with E-state index in [9.17, 15) is 0 Å². The molecule has 0 spiro atoms. The van der Waals surface area contributed by atoms with E-state index < -0.39 is 0 Å². The summed E-state index contributed by atoms with van der Waals surface area (Å²) in [6.07, 6.45) is 5.14. The molecule has 0 aromatic rings. The number of nitrogens with zero attached hydrogens (tertiary/aromatic N) is 1. The largest absolute Gasteiger partial charge is 0.370 e. The van der Waals surface area contributed by atoms with Crippen LogP contribution in [-0.4, -0.2) is 19.6 Å². The van der Waals surface area contributed by atoms with Crippen LogP contribution >= 0.6 is 0 Å². The predicted molar refractivity (Wildman–Crippen MR) is 63.5 cm³/mol. The molecule has 0 saturated carbocycles. The zero-order valence-electron chi connectivity index (χ0n) is 10.1. The summed E-state index contributed by atoms with van der Waals surface area (Å²) in [5.74, 6) is 0.536. The molecule has 0 unspecified atom stereocenters. The third-order valence-electron chi connectivity index (χ3n) is 2.45. The Kier molecular flexibility index (Phi) is 6.34. The lowest BCUT2D eigenvalue weighted by molar-refractivity contribution is 0.319. The van der Waals surface area contributed by atoms with Crippen LogP contribution in [0.3, 0.4) is 0 Å². The van der Waals surface area contributed by atoms with Crippen molar-refractivity contribution in [2.24, 2.45) is 16.1 Å². The molecule has 0 aromatic heterocycles. The molecule has 0 aliphatic rings. The maximum Gasteiger partial charge on any atom is 0.188 e. The lowest BCUT2D eigenvalue weighted by Gasteiger charge is -2.25. The van der Waals surface area contributed by atoms with E-state index in [4.69, 9.17) is 5.73 Å². The van der Waals surface area contributed by atoms with Crippen LogP contribution in [0.1, 0.15) is 46.5 Å². The van der Waals surface area contributed by atoms with Gasteiger partial charge in [0.25, 0.3) is 0 Å². The van der Waals surface area contributed by atoms with Crippen LogP contribution in [0.4, 0.5) is 0 Å². The Labute approximate surface area is 88.2 Å². The molecule has 0 radical (unpaired) electrons. The molecule has 0 aromatic carbocycles. The SMILES string of the molecule is CCCCCC(C)(C)CNC(N)=NC. The number of guanidine groups is 1. The average Bonchev–Trinajstić information content (AvgIpc) is 2.14. The van der Waals surface area contributed by atoms with Gasteiger partial charge in [0.15, 0.2) is 5.96 Å². The first kappa shape index (κ1) is 13.3. The molecule has 84 valence electrons. The molecule has 3 nitrogen and oxygen atoms in total. The van der Waals surface area contributed by atoms with E-state index in [1.165, 1.54) is 25.7 Å². The summed E-state index contributed by atoms with van der Waals surface area (Å²) in [7, 11) is 1.70. The summed E-state index contributed by atoms with van der Waals surface area (Å²) in [4.78, 5) is 3.87. The Bertz CT molecular complexity index is 173. The highest BCUT2D eigenvalue weighted by atomic mass is 15.1. The number of hydrogen-bond donors (Lipinski definition) is 2. The Morgan fingerprint density at radius 1 is 1.36 bits per heavy atom. The highest BCUT2D eigenvalue weighted by Gasteiger charge is 2.16. The van der Waals surface area contributed by atoms with Crippen LogP contribution < -0.4 is 11.1 Å². The molecule has 0 aliphatic carbocycles. The Morgan fingerprint density at radius 3 is 2.50 bits per heavy atom. The van der Waals surface area contributed by atoms with Gasteiger partial charge < -0.3 is 11.1 Å². The minimum Gasteiger partial charge on any atom is -0.370 e. The molecule has 0 saturated heterocycles. The van der Waals surface area contributed by atoms with Crippen LogP contribution in [0.2, 0.25) is 0 Å². The maximum atomic E-state index is 5.57. The lowest BCUT2D eigenvalue weighted by Crippen LogP contribution is -2.38. The van der Waals surface area contributed by atoms with E-state index in [1.54, 1.807) is 7.05 Å². The second-order valence-corrected chi connectivity index (χ2v) is 4.58. The first-order valence-electron chi connectivity index (χ1n) is 5.48. The van der Waals surface area contributed by atoms with Crippen LogP contribution in [0.5, 0.6) is 0 Å². The highest BCUT2D eigenvalue weighted by molar-refractivity contribution is 5.77. The number of nitrogens with two attached hydrogens (primary N) is 1. The number of rotatable bonds is 6. The molecule has 0 amide bonds. The lowest BCUT2D eigenvalue weighted by atomic mass is 9.87. The molecular formula is C11H25N3. The van der Waals surface area contributed by atoms with Crippen molar-refractivity contribution in [1.29, 1.82) is 0 Å². The van der Waals surface area contributed by atoms with Gasteiger partial charge in [0.05, 0.1) is 0 Å². The summed E-state index contributed by atoms with van der Waals surface area (Å²) in [6, 6.07) is 0. The van der Waals surface area contributed by atoms with E-state index in [2.05, 4.69) is 31.1 Å². The molecule has 0 rings (SSSR count). The van der Waals surface area contributed by atoms with Gasteiger partial charge in [0.1, 0.15) is 0 Å². The second kappa shape index (κ2) is 6.68. The molecule has 3 heteroatoms. The molecular weight excluding hydrogens is 174 g/mol. The van der Waals surface area contributed by atoms with Crippen molar-refractivity contribution in [2.75, 3.05) is 13.6 Å². The summed E-state index contributed by atoms with van der Waals surface area (Å²) >= 11 is 0. The number of nitrogens with one attached hydrogen (secondary N) is 1. The molecule has 0 bridgehead atoms. The van der Waals surface area contributed by atoms with Gasteiger partial charge in [-0.15, -0.1) is 0 Å². The number of aliphatic imine (C=N–C) groups is 1. The number of hydrogen-bond acceptors (Lipinski definition) is 1. The van der Waals surface area contributed by atoms with Crippen LogP contribution in [-0.2, 0) is 0 Å². The molecule has 0 aliphatic heterocycles. The standard InChI is InChI=1S/C11H25N3/c1-5-6-7-8-11(2,3)9-14-10(12)13-4/h5-9H2,1-4H3,(H3,12,13,14). The van der Waals surface area contributed by atoms with Crippen molar-refractivity contribution in [3.05, 3.63) is 0 Å². The number of unbranched alkanes of at least 4 members (excludes halogenated alkanes) is 2. The van der Waals surface area contributed by atoms with Gasteiger partial charge in [0, 0.05) is 13.6 Å². The quantitative estimate of drug-likeness (QED) is 0.391. The van der Waals surface area contributed by atoms with Crippen molar-refractivity contribution in [3.63, 3.8) is 0 Å². The predicted octanol–water partition coefficient (Wildman–Crippen LogP) is 2.13. The highest BCUT2D eigenvalue weighted by Crippen LogP contribution is 2.22. The fourth-order valence-electron chi connectivity index (χ4n) is 1.35. The third-order valence-corrected chi connectivity index (χ3v) is 2.45. The van der Waals surface area contributed by atoms with Gasteiger partial charge in [-0.25, -0.2) is 0 Å². The third kappa shape index (κ3) is 6.75. The minimum atomic E-state index is 0.310. The van der Waals surface area contributed by atoms with E-state index >= 15 is 0 Å². The summed E-state index contributed by atoms with van der Waals surface area (Å²) in [5, 5.41) is 3.13. The van der Waals surface area contributed by atoms with Crippen LogP contribution in [0.25, 0.3) is 0 Å². The van der Waals surface area contributed by atoms with Crippen molar-refractivity contribution >= 4 is 5.96 Å². The molecule has 0 atom stereocenters. The van der Waals surface area contributed by atoms with Crippen molar-refractivity contribution < 1.29 is 0 Å². The van der Waals surface area contributed by atoms with Crippen molar-refractivity contribution in [2.45, 2.75) is 46.5 Å². The minimum absolute atomic E-state index is 0.310. The molecule has 14 heavy (non-hydrogen) atoms. The fraction of sp³-hybridized carbons (Fsp3) is 0.909. The zero-order valence-corrected chi connectivity index (χ0v) is 10.1. The van der Waals surface area contributed by atoms with Gasteiger partial charge >= 0.3 is 0 Å². The van der Waals surface area contributed by atoms with E-state index in [-0.39, 0.29) is 0 Å². The fourth-order valence-corrected chi connectivity index (χ4v) is 1.35. The van der Waals surface area contributed by atoms with Gasteiger partial charge in [-0.3, -0.25) is 4.99 Å². The van der Waals surface area contributed by atoms with Gasteiger partial charge in [-0.05, 0) is 11.8 Å². The van der Waals surface area contributed by atoms with E-state index in [0.29, 0.717) is 11.4 Å². The first-order valence-corrected chi connectivity index (χ1v) is 5.48. The Hall–Kier alpha value is -0.730. The second-order valence-electron chi connectivity index (χ2n) is 4.58. The van der Waals surface area contributed by atoms with Gasteiger partial charge in [-0.1, -0.05) is 40.0 Å². The first-order chi connectivity index (χ1) is 6.52.